The maximum Gasteiger partial charge on any atom is 0.251 e. The lowest BCUT2D eigenvalue weighted by Crippen LogP contribution is -2.36. The lowest BCUT2D eigenvalue weighted by Gasteiger charge is -2.22. The van der Waals surface area contributed by atoms with Crippen molar-refractivity contribution in [2.75, 3.05) is 32.1 Å². The van der Waals surface area contributed by atoms with Crippen molar-refractivity contribution in [2.24, 2.45) is 0 Å². The molecule has 1 aromatic rings. The van der Waals surface area contributed by atoms with Crippen molar-refractivity contribution in [3.8, 4) is 0 Å². The fraction of sp³-hybridized carbons (Fsp3) is 0.579. The molecule has 2 rings (SSSR count). The number of ether oxygens (including phenoxy) is 1. The summed E-state index contributed by atoms with van der Waals surface area (Å²) in [5.74, 6) is -0.192. The van der Waals surface area contributed by atoms with Gasteiger partial charge in [0.25, 0.3) is 5.91 Å². The molecular formula is C19H29N3O3. The van der Waals surface area contributed by atoms with E-state index in [1.165, 1.54) is 19.3 Å². The van der Waals surface area contributed by atoms with Gasteiger partial charge in [0.2, 0.25) is 5.91 Å². The second-order valence-electron chi connectivity index (χ2n) is 6.46. The summed E-state index contributed by atoms with van der Waals surface area (Å²) in [6.45, 7) is 1.64. The molecule has 0 saturated heterocycles. The number of nitrogens with one attached hydrogen (secondary N) is 3. The highest BCUT2D eigenvalue weighted by atomic mass is 16.5. The number of hydrogen-bond acceptors (Lipinski definition) is 4. The van der Waals surface area contributed by atoms with Crippen molar-refractivity contribution in [1.29, 1.82) is 0 Å². The van der Waals surface area contributed by atoms with Gasteiger partial charge < -0.3 is 20.7 Å². The van der Waals surface area contributed by atoms with Crippen molar-refractivity contribution in [3.05, 3.63) is 29.8 Å². The first-order valence-electron chi connectivity index (χ1n) is 9.09. The molecule has 1 fully saturated rings. The van der Waals surface area contributed by atoms with Gasteiger partial charge in [0.15, 0.2) is 0 Å². The molecule has 1 aromatic carbocycles. The molecule has 3 N–H and O–H groups in total. The van der Waals surface area contributed by atoms with Crippen LogP contribution < -0.4 is 16.0 Å². The van der Waals surface area contributed by atoms with Crippen molar-refractivity contribution >= 4 is 17.5 Å². The molecule has 6 nitrogen and oxygen atoms in total. The van der Waals surface area contributed by atoms with Crippen LogP contribution in [0.15, 0.2) is 24.3 Å². The summed E-state index contributed by atoms with van der Waals surface area (Å²) in [5, 5.41) is 8.97. The molecule has 0 aromatic heterocycles. The Morgan fingerprint density at radius 2 is 2.00 bits per heavy atom. The molecule has 25 heavy (non-hydrogen) atoms. The molecule has 0 unspecified atom stereocenters. The van der Waals surface area contributed by atoms with Crippen LogP contribution in [0.4, 0.5) is 5.69 Å². The molecule has 0 bridgehead atoms. The average molecular weight is 347 g/mol. The van der Waals surface area contributed by atoms with Crippen LogP contribution in [-0.4, -0.2) is 44.7 Å². The molecule has 0 spiro atoms. The van der Waals surface area contributed by atoms with Crippen LogP contribution in [0, 0.1) is 0 Å². The Balaban J connectivity index is 1.79. The van der Waals surface area contributed by atoms with Gasteiger partial charge in [-0.3, -0.25) is 9.59 Å². The predicted octanol–water partition coefficient (Wildman–Crippen LogP) is 2.31. The van der Waals surface area contributed by atoms with Crippen molar-refractivity contribution in [3.63, 3.8) is 0 Å². The normalized spacial score (nSPS) is 14.9. The van der Waals surface area contributed by atoms with E-state index in [1.807, 2.05) is 0 Å². The van der Waals surface area contributed by atoms with E-state index in [0.29, 0.717) is 17.9 Å². The van der Waals surface area contributed by atoms with Gasteiger partial charge in [0.1, 0.15) is 0 Å². The minimum Gasteiger partial charge on any atom is -0.385 e. The first-order valence-corrected chi connectivity index (χ1v) is 9.09. The quantitative estimate of drug-likeness (QED) is 0.599. The molecule has 0 radical (unpaired) electrons. The van der Waals surface area contributed by atoms with E-state index in [4.69, 9.17) is 4.74 Å². The van der Waals surface area contributed by atoms with Gasteiger partial charge in [-0.1, -0.05) is 25.3 Å². The van der Waals surface area contributed by atoms with Crippen LogP contribution in [-0.2, 0) is 9.53 Å². The Kier molecular flexibility index (Phi) is 8.42. The molecule has 138 valence electrons. The monoisotopic (exact) mass is 347 g/mol. The number of benzene rings is 1. The van der Waals surface area contributed by atoms with Crippen LogP contribution in [0.2, 0.25) is 0 Å². The number of rotatable bonds is 9. The third-order valence-corrected chi connectivity index (χ3v) is 4.34. The number of carbonyl (C=O) groups excluding carboxylic acids is 2. The van der Waals surface area contributed by atoms with E-state index in [-0.39, 0.29) is 24.4 Å². The molecule has 0 heterocycles. The zero-order chi connectivity index (χ0) is 17.9. The lowest BCUT2D eigenvalue weighted by atomic mass is 9.95. The number of hydrogen-bond donors (Lipinski definition) is 3. The zero-order valence-electron chi connectivity index (χ0n) is 15.0. The van der Waals surface area contributed by atoms with Gasteiger partial charge in [-0.2, -0.15) is 0 Å². The van der Waals surface area contributed by atoms with Gasteiger partial charge in [0, 0.05) is 31.0 Å². The van der Waals surface area contributed by atoms with E-state index < -0.39 is 0 Å². The zero-order valence-corrected chi connectivity index (χ0v) is 15.0. The van der Waals surface area contributed by atoms with E-state index in [2.05, 4.69) is 16.0 Å². The highest BCUT2D eigenvalue weighted by molar-refractivity contribution is 5.97. The van der Waals surface area contributed by atoms with Crippen LogP contribution in [0.3, 0.4) is 0 Å². The van der Waals surface area contributed by atoms with Gasteiger partial charge in [0.05, 0.1) is 6.54 Å². The summed E-state index contributed by atoms with van der Waals surface area (Å²) in [7, 11) is 1.66. The third-order valence-electron chi connectivity index (χ3n) is 4.34. The van der Waals surface area contributed by atoms with Gasteiger partial charge >= 0.3 is 0 Å². The molecule has 2 amide bonds. The minimum absolute atomic E-state index is 0.0688. The summed E-state index contributed by atoms with van der Waals surface area (Å²) >= 11 is 0. The Morgan fingerprint density at radius 1 is 1.20 bits per heavy atom. The summed E-state index contributed by atoms with van der Waals surface area (Å²) in [4.78, 5) is 24.3. The summed E-state index contributed by atoms with van der Waals surface area (Å²) in [6, 6.07) is 7.35. The minimum atomic E-state index is -0.123. The molecule has 1 aliphatic rings. The van der Waals surface area contributed by atoms with E-state index in [9.17, 15) is 9.59 Å². The molecule has 1 saturated carbocycles. The molecule has 0 atom stereocenters. The fourth-order valence-electron chi connectivity index (χ4n) is 3.00. The summed E-state index contributed by atoms with van der Waals surface area (Å²) in [5.41, 5.74) is 1.22. The smallest absolute Gasteiger partial charge is 0.251 e. The van der Waals surface area contributed by atoms with E-state index in [1.54, 1.807) is 31.4 Å². The maximum absolute atomic E-state index is 12.4. The Morgan fingerprint density at radius 3 is 2.76 bits per heavy atom. The Hall–Kier alpha value is -1.92. The molecular weight excluding hydrogens is 318 g/mol. The number of methoxy groups -OCH3 is 1. The van der Waals surface area contributed by atoms with Gasteiger partial charge in [-0.25, -0.2) is 0 Å². The standard InChI is InChI=1S/C19H29N3O3/c1-25-12-6-11-20-14-18(23)21-17-10-5-7-15(13-17)19(24)22-16-8-3-2-4-9-16/h5,7,10,13,16,20H,2-4,6,8-9,11-12,14H2,1H3,(H,21,23)(H,22,24). The predicted molar refractivity (Wildman–Crippen MR) is 98.8 cm³/mol. The van der Waals surface area contributed by atoms with Gasteiger partial charge in [-0.15, -0.1) is 0 Å². The van der Waals surface area contributed by atoms with E-state index in [0.717, 1.165) is 25.8 Å². The number of amides is 2. The highest BCUT2D eigenvalue weighted by Crippen LogP contribution is 2.18. The maximum atomic E-state index is 12.4. The number of carbonyl (C=O) groups is 2. The molecule has 1 aliphatic carbocycles. The van der Waals surface area contributed by atoms with Gasteiger partial charge in [-0.05, 0) is 44.0 Å². The topological polar surface area (TPSA) is 79.5 Å². The van der Waals surface area contributed by atoms with E-state index >= 15 is 0 Å². The van der Waals surface area contributed by atoms with Crippen LogP contribution in [0.1, 0.15) is 48.9 Å². The molecule has 6 heteroatoms. The highest BCUT2D eigenvalue weighted by Gasteiger charge is 2.16. The molecule has 0 aliphatic heterocycles. The van der Waals surface area contributed by atoms with Crippen LogP contribution >= 0.6 is 0 Å². The largest absolute Gasteiger partial charge is 0.385 e. The summed E-state index contributed by atoms with van der Waals surface area (Å²) < 4.78 is 4.96. The van der Waals surface area contributed by atoms with Crippen molar-refractivity contribution in [1.82, 2.24) is 10.6 Å². The second-order valence-corrected chi connectivity index (χ2v) is 6.46. The SMILES string of the molecule is COCCCNCC(=O)Nc1cccc(C(=O)NC2CCCCC2)c1. The average Bonchev–Trinajstić information content (AvgIpc) is 2.62. The Bertz CT molecular complexity index is 557. The third kappa shape index (κ3) is 7.23. The summed E-state index contributed by atoms with van der Waals surface area (Å²) in [6.07, 6.45) is 6.58. The lowest BCUT2D eigenvalue weighted by molar-refractivity contribution is -0.115. The van der Waals surface area contributed by atoms with Crippen LogP contribution in [0.25, 0.3) is 0 Å². The first kappa shape index (κ1) is 19.4. The Labute approximate surface area is 149 Å². The second kappa shape index (κ2) is 10.8. The first-order chi connectivity index (χ1) is 12.2. The fourth-order valence-corrected chi connectivity index (χ4v) is 3.00. The number of anilines is 1. The van der Waals surface area contributed by atoms with Crippen molar-refractivity contribution < 1.29 is 14.3 Å². The van der Waals surface area contributed by atoms with Crippen LogP contribution in [0.5, 0.6) is 0 Å². The van der Waals surface area contributed by atoms with Crippen molar-refractivity contribution in [2.45, 2.75) is 44.6 Å².